The Labute approximate surface area is 130 Å². The van der Waals surface area contributed by atoms with Crippen LogP contribution < -0.4 is 0 Å². The molecule has 0 fully saturated rings. The minimum absolute atomic E-state index is 0.172. The number of ketones is 1. The van der Waals surface area contributed by atoms with Gasteiger partial charge in [-0.3, -0.25) is 4.79 Å². The van der Waals surface area contributed by atoms with E-state index in [1.807, 2.05) is 18.2 Å². The number of furan rings is 1. The van der Waals surface area contributed by atoms with Crippen LogP contribution in [0, 0.1) is 0 Å². The largest absolute Gasteiger partial charge is 0.461 e. The topological polar surface area (TPSA) is 30.2 Å². The van der Waals surface area contributed by atoms with E-state index in [9.17, 15) is 4.79 Å². The summed E-state index contributed by atoms with van der Waals surface area (Å²) in [7, 11) is 0. The lowest BCUT2D eigenvalue weighted by atomic mass is 9.99. The summed E-state index contributed by atoms with van der Waals surface area (Å²) in [6, 6.07) is 16.6. The number of carbonyl (C=O) groups is 1. The average Bonchev–Trinajstić information content (AvgIpc) is 2.85. The first-order valence-electron chi connectivity index (χ1n) is 7.74. The molecule has 0 amide bonds. The van der Waals surface area contributed by atoms with Crippen LogP contribution in [0.15, 0.2) is 52.9 Å². The molecule has 2 nitrogen and oxygen atoms in total. The molecule has 0 aliphatic heterocycles. The molecule has 0 atom stereocenters. The minimum Gasteiger partial charge on any atom is -0.461 e. The number of fused-ring (bicyclic) bond motifs is 1. The van der Waals surface area contributed by atoms with Crippen molar-refractivity contribution in [2.24, 2.45) is 0 Å². The first kappa shape index (κ1) is 14.6. The fraction of sp³-hybridized carbons (Fsp3) is 0.250. The molecule has 0 spiro atoms. The van der Waals surface area contributed by atoms with Gasteiger partial charge in [-0.05, 0) is 24.1 Å². The molecule has 1 heterocycles. The van der Waals surface area contributed by atoms with Crippen molar-refractivity contribution in [3.63, 3.8) is 0 Å². The van der Waals surface area contributed by atoms with Gasteiger partial charge in [0.1, 0.15) is 17.1 Å². The molecular weight excluding hydrogens is 272 g/mol. The Kier molecular flexibility index (Phi) is 4.10. The molecule has 2 heteroatoms. The van der Waals surface area contributed by atoms with E-state index in [2.05, 4.69) is 37.3 Å². The maximum Gasteiger partial charge on any atom is 0.134 e. The molecule has 2 aromatic carbocycles. The highest BCUT2D eigenvalue weighted by Crippen LogP contribution is 2.29. The molecule has 3 rings (SSSR count). The second kappa shape index (κ2) is 6.18. The molecule has 0 aliphatic rings. The van der Waals surface area contributed by atoms with E-state index < -0.39 is 0 Å². The van der Waals surface area contributed by atoms with Crippen molar-refractivity contribution < 1.29 is 9.21 Å². The van der Waals surface area contributed by atoms with Crippen LogP contribution in [-0.4, -0.2) is 5.78 Å². The van der Waals surface area contributed by atoms with Gasteiger partial charge in [-0.2, -0.15) is 0 Å². The molecular formula is C20H20O2. The zero-order valence-electron chi connectivity index (χ0n) is 13.1. The zero-order valence-corrected chi connectivity index (χ0v) is 13.1. The minimum atomic E-state index is 0.172. The molecule has 112 valence electrons. The number of rotatable bonds is 5. The predicted molar refractivity (Wildman–Crippen MR) is 89.2 cm³/mol. The van der Waals surface area contributed by atoms with Crippen LogP contribution in [-0.2, 0) is 24.1 Å². The number of carbonyl (C=O) groups excluding carboxylic acids is 1. The summed E-state index contributed by atoms with van der Waals surface area (Å²) in [5.74, 6) is 1.21. The van der Waals surface area contributed by atoms with E-state index in [1.165, 1.54) is 11.1 Å². The van der Waals surface area contributed by atoms with Crippen LogP contribution in [0.2, 0.25) is 0 Å². The smallest absolute Gasteiger partial charge is 0.134 e. The quantitative estimate of drug-likeness (QED) is 0.681. The van der Waals surface area contributed by atoms with Gasteiger partial charge in [-0.25, -0.2) is 0 Å². The third-order valence-electron chi connectivity index (χ3n) is 3.94. The Bertz CT molecular complexity index is 797. The van der Waals surface area contributed by atoms with Gasteiger partial charge in [-0.15, -0.1) is 0 Å². The monoisotopic (exact) mass is 292 g/mol. The molecule has 0 aliphatic carbocycles. The number of Topliss-reactive ketones (excluding diaryl/α,β-unsaturated/α-hetero) is 1. The summed E-state index contributed by atoms with van der Waals surface area (Å²) in [4.78, 5) is 11.3. The lowest BCUT2D eigenvalue weighted by Crippen LogP contribution is -1.95. The Morgan fingerprint density at radius 2 is 1.82 bits per heavy atom. The Balaban J connectivity index is 2.03. The molecule has 0 radical (unpaired) electrons. The number of aryl methyl sites for hydroxylation is 1. The molecule has 0 saturated carbocycles. The van der Waals surface area contributed by atoms with E-state index in [0.717, 1.165) is 35.1 Å². The predicted octanol–water partition coefficient (Wildman–Crippen LogP) is 4.72. The Morgan fingerprint density at radius 1 is 1.05 bits per heavy atom. The van der Waals surface area contributed by atoms with Crippen LogP contribution >= 0.6 is 0 Å². The zero-order chi connectivity index (χ0) is 15.5. The van der Waals surface area contributed by atoms with Gasteiger partial charge in [0.05, 0.1) is 0 Å². The van der Waals surface area contributed by atoms with E-state index in [-0.39, 0.29) is 5.78 Å². The highest BCUT2D eigenvalue weighted by Gasteiger charge is 2.14. The highest BCUT2D eigenvalue weighted by molar-refractivity contribution is 5.85. The maximum absolute atomic E-state index is 11.3. The molecule has 0 N–H and O–H groups in total. The van der Waals surface area contributed by atoms with Gasteiger partial charge in [0, 0.05) is 30.2 Å². The van der Waals surface area contributed by atoms with E-state index in [1.54, 1.807) is 6.92 Å². The lowest BCUT2D eigenvalue weighted by molar-refractivity contribution is -0.116. The van der Waals surface area contributed by atoms with Crippen molar-refractivity contribution in [3.05, 3.63) is 71.0 Å². The van der Waals surface area contributed by atoms with Crippen molar-refractivity contribution in [1.29, 1.82) is 0 Å². The molecule has 22 heavy (non-hydrogen) atoms. The molecule has 0 bridgehead atoms. The van der Waals surface area contributed by atoms with Crippen molar-refractivity contribution in [2.45, 2.75) is 33.1 Å². The molecule has 1 aromatic heterocycles. The summed E-state index contributed by atoms with van der Waals surface area (Å²) in [6.45, 7) is 3.73. The van der Waals surface area contributed by atoms with Crippen LogP contribution in [0.3, 0.4) is 0 Å². The second-order valence-corrected chi connectivity index (χ2v) is 5.73. The second-order valence-electron chi connectivity index (χ2n) is 5.73. The lowest BCUT2D eigenvalue weighted by Gasteiger charge is -2.02. The SMILES string of the molecule is CCc1oc2cc(CC(C)=O)ccc2c1Cc1ccccc1. The molecule has 3 aromatic rings. The highest BCUT2D eigenvalue weighted by atomic mass is 16.3. The number of benzene rings is 2. The van der Waals surface area contributed by atoms with Crippen LogP contribution in [0.25, 0.3) is 11.0 Å². The summed E-state index contributed by atoms with van der Waals surface area (Å²) < 4.78 is 6.03. The van der Waals surface area contributed by atoms with Crippen molar-refractivity contribution in [2.75, 3.05) is 0 Å². The van der Waals surface area contributed by atoms with Crippen LogP contribution in [0.4, 0.5) is 0 Å². The Morgan fingerprint density at radius 3 is 2.50 bits per heavy atom. The van der Waals surface area contributed by atoms with Crippen LogP contribution in [0.1, 0.15) is 36.3 Å². The van der Waals surface area contributed by atoms with Gasteiger partial charge in [0.2, 0.25) is 0 Å². The van der Waals surface area contributed by atoms with Crippen LogP contribution in [0.5, 0.6) is 0 Å². The summed E-state index contributed by atoms with van der Waals surface area (Å²) in [6.07, 6.45) is 2.22. The van der Waals surface area contributed by atoms with Crippen molar-refractivity contribution in [3.8, 4) is 0 Å². The van der Waals surface area contributed by atoms with Gasteiger partial charge in [0.25, 0.3) is 0 Å². The third-order valence-corrected chi connectivity index (χ3v) is 3.94. The Hall–Kier alpha value is -2.35. The summed E-state index contributed by atoms with van der Waals surface area (Å²) in [5, 5.41) is 1.16. The van der Waals surface area contributed by atoms with Crippen molar-refractivity contribution >= 4 is 16.8 Å². The van der Waals surface area contributed by atoms with Gasteiger partial charge in [0.15, 0.2) is 0 Å². The van der Waals surface area contributed by atoms with E-state index in [4.69, 9.17) is 4.42 Å². The van der Waals surface area contributed by atoms with E-state index in [0.29, 0.717) is 6.42 Å². The number of hydrogen-bond acceptors (Lipinski definition) is 2. The number of hydrogen-bond donors (Lipinski definition) is 0. The average molecular weight is 292 g/mol. The summed E-state index contributed by atoms with van der Waals surface area (Å²) in [5.41, 5.74) is 4.45. The fourth-order valence-corrected chi connectivity index (χ4v) is 2.92. The van der Waals surface area contributed by atoms with E-state index >= 15 is 0 Å². The van der Waals surface area contributed by atoms with Gasteiger partial charge in [-0.1, -0.05) is 49.4 Å². The van der Waals surface area contributed by atoms with Gasteiger partial charge < -0.3 is 4.42 Å². The normalized spacial score (nSPS) is 11.0. The fourth-order valence-electron chi connectivity index (χ4n) is 2.92. The maximum atomic E-state index is 11.3. The van der Waals surface area contributed by atoms with Gasteiger partial charge >= 0.3 is 0 Å². The first-order chi connectivity index (χ1) is 10.7. The third kappa shape index (κ3) is 2.96. The molecule has 0 unspecified atom stereocenters. The van der Waals surface area contributed by atoms with Crippen molar-refractivity contribution in [1.82, 2.24) is 0 Å². The summed E-state index contributed by atoms with van der Waals surface area (Å²) >= 11 is 0. The molecule has 0 saturated heterocycles. The first-order valence-corrected chi connectivity index (χ1v) is 7.74. The standard InChI is InChI=1S/C20H20O2/c1-3-19-18(12-15-7-5-4-6-8-15)17-10-9-16(11-14(2)21)13-20(17)22-19/h4-10,13H,3,11-12H2,1-2H3.